The molecule has 0 aromatic heterocycles. The molecule has 2 aliphatic carbocycles. The summed E-state index contributed by atoms with van der Waals surface area (Å²) in [7, 11) is 0. The number of aromatic carboxylic acids is 1. The molecule has 1 aromatic rings. The minimum absolute atomic E-state index is 0.335. The molecular formula is C15H20N2O2. The number of carboxylic acids is 1. The Labute approximate surface area is 113 Å². The average Bonchev–Trinajstić information content (AvgIpc) is 3.23. The van der Waals surface area contributed by atoms with Gasteiger partial charge in [0.2, 0.25) is 0 Å². The summed E-state index contributed by atoms with van der Waals surface area (Å²) in [5.41, 5.74) is 7.70. The van der Waals surface area contributed by atoms with E-state index in [-0.39, 0.29) is 0 Å². The standard InChI is InChI=1S/C15H20N2O2/c16-13-3-1-2-12(15(18)19)14(13)17(8-10-4-5-10)9-11-6-7-11/h1-3,10-11H,4-9,16H2,(H,18,19). The van der Waals surface area contributed by atoms with Crippen molar-refractivity contribution in [2.24, 2.45) is 11.8 Å². The highest BCUT2D eigenvalue weighted by Gasteiger charge is 2.31. The molecule has 0 saturated heterocycles. The molecule has 0 spiro atoms. The first-order chi connectivity index (χ1) is 9.15. The Morgan fingerprint density at radius 3 is 2.26 bits per heavy atom. The van der Waals surface area contributed by atoms with Gasteiger partial charge in [0, 0.05) is 13.1 Å². The third-order valence-electron chi connectivity index (χ3n) is 3.96. The number of para-hydroxylation sites is 1. The molecular weight excluding hydrogens is 240 g/mol. The fourth-order valence-electron chi connectivity index (χ4n) is 2.57. The van der Waals surface area contributed by atoms with Gasteiger partial charge in [-0.15, -0.1) is 0 Å². The van der Waals surface area contributed by atoms with E-state index in [1.54, 1.807) is 18.2 Å². The van der Waals surface area contributed by atoms with Crippen LogP contribution in [0.15, 0.2) is 18.2 Å². The number of carboxylic acid groups (broad SMARTS) is 1. The van der Waals surface area contributed by atoms with Crippen LogP contribution in [-0.4, -0.2) is 24.2 Å². The van der Waals surface area contributed by atoms with Gasteiger partial charge < -0.3 is 15.7 Å². The van der Waals surface area contributed by atoms with Gasteiger partial charge in [-0.2, -0.15) is 0 Å². The third kappa shape index (κ3) is 2.83. The number of nitrogens with zero attached hydrogens (tertiary/aromatic N) is 1. The highest BCUT2D eigenvalue weighted by molar-refractivity contribution is 5.98. The van der Waals surface area contributed by atoms with E-state index in [9.17, 15) is 9.90 Å². The lowest BCUT2D eigenvalue weighted by Crippen LogP contribution is -2.30. The molecule has 2 fully saturated rings. The molecule has 0 heterocycles. The Bertz CT molecular complexity index is 479. The summed E-state index contributed by atoms with van der Waals surface area (Å²) in [4.78, 5) is 13.6. The molecule has 2 saturated carbocycles. The molecule has 0 radical (unpaired) electrons. The zero-order chi connectivity index (χ0) is 13.4. The van der Waals surface area contributed by atoms with Crippen molar-refractivity contribution in [1.82, 2.24) is 0 Å². The lowest BCUT2D eigenvalue weighted by atomic mass is 10.1. The number of carbonyl (C=O) groups is 1. The molecule has 0 amide bonds. The quantitative estimate of drug-likeness (QED) is 0.771. The van der Waals surface area contributed by atoms with Crippen LogP contribution in [0, 0.1) is 11.8 Å². The molecule has 4 heteroatoms. The lowest BCUT2D eigenvalue weighted by molar-refractivity contribution is 0.0697. The minimum Gasteiger partial charge on any atom is -0.478 e. The van der Waals surface area contributed by atoms with Gasteiger partial charge in [0.05, 0.1) is 16.9 Å². The predicted octanol–water partition coefficient (Wildman–Crippen LogP) is 2.59. The van der Waals surface area contributed by atoms with Crippen molar-refractivity contribution in [1.29, 1.82) is 0 Å². The van der Waals surface area contributed by atoms with Gasteiger partial charge in [-0.05, 0) is 49.7 Å². The summed E-state index contributed by atoms with van der Waals surface area (Å²) in [6, 6.07) is 5.17. The molecule has 0 unspecified atom stereocenters. The molecule has 0 aliphatic heterocycles. The van der Waals surface area contributed by atoms with Gasteiger partial charge in [0.25, 0.3) is 0 Å². The van der Waals surface area contributed by atoms with Crippen LogP contribution in [0.4, 0.5) is 11.4 Å². The molecule has 1 aromatic carbocycles. The molecule has 2 aliphatic rings. The highest BCUT2D eigenvalue weighted by atomic mass is 16.4. The number of anilines is 2. The monoisotopic (exact) mass is 260 g/mol. The van der Waals surface area contributed by atoms with Crippen molar-refractivity contribution in [3.63, 3.8) is 0 Å². The van der Waals surface area contributed by atoms with Crippen LogP contribution in [0.3, 0.4) is 0 Å². The van der Waals surface area contributed by atoms with E-state index in [1.807, 2.05) is 0 Å². The van der Waals surface area contributed by atoms with E-state index in [0.717, 1.165) is 30.6 Å². The van der Waals surface area contributed by atoms with Gasteiger partial charge in [-0.3, -0.25) is 0 Å². The molecule has 0 bridgehead atoms. The molecule has 3 N–H and O–H groups in total. The Hall–Kier alpha value is -1.71. The smallest absolute Gasteiger partial charge is 0.337 e. The zero-order valence-corrected chi connectivity index (χ0v) is 11.0. The van der Waals surface area contributed by atoms with Crippen LogP contribution in [-0.2, 0) is 0 Å². The van der Waals surface area contributed by atoms with Crippen molar-refractivity contribution in [3.05, 3.63) is 23.8 Å². The van der Waals surface area contributed by atoms with E-state index in [0.29, 0.717) is 11.3 Å². The van der Waals surface area contributed by atoms with Crippen LogP contribution >= 0.6 is 0 Å². The largest absolute Gasteiger partial charge is 0.478 e. The second-order valence-electron chi connectivity index (χ2n) is 5.84. The summed E-state index contributed by atoms with van der Waals surface area (Å²) in [6.07, 6.45) is 5.04. The lowest BCUT2D eigenvalue weighted by Gasteiger charge is -2.27. The fourth-order valence-corrected chi connectivity index (χ4v) is 2.57. The van der Waals surface area contributed by atoms with Crippen LogP contribution in [0.2, 0.25) is 0 Å². The number of rotatable bonds is 6. The third-order valence-corrected chi connectivity index (χ3v) is 3.96. The number of hydrogen-bond acceptors (Lipinski definition) is 3. The Morgan fingerprint density at radius 1 is 1.21 bits per heavy atom. The molecule has 19 heavy (non-hydrogen) atoms. The van der Waals surface area contributed by atoms with E-state index >= 15 is 0 Å². The average molecular weight is 260 g/mol. The second-order valence-corrected chi connectivity index (χ2v) is 5.84. The molecule has 0 atom stereocenters. The number of nitrogen functional groups attached to an aromatic ring is 1. The number of benzene rings is 1. The van der Waals surface area contributed by atoms with E-state index in [1.165, 1.54) is 25.7 Å². The topological polar surface area (TPSA) is 66.6 Å². The Balaban J connectivity index is 1.92. The summed E-state index contributed by atoms with van der Waals surface area (Å²) < 4.78 is 0. The molecule has 3 rings (SSSR count). The number of hydrogen-bond donors (Lipinski definition) is 2. The van der Waals surface area contributed by atoms with Crippen LogP contribution in [0.5, 0.6) is 0 Å². The maximum absolute atomic E-state index is 11.4. The summed E-state index contributed by atoms with van der Waals surface area (Å²) in [5.74, 6) is 0.555. The predicted molar refractivity (Wildman–Crippen MR) is 75.5 cm³/mol. The maximum atomic E-state index is 11.4. The zero-order valence-electron chi connectivity index (χ0n) is 11.0. The fraction of sp³-hybridized carbons (Fsp3) is 0.533. The summed E-state index contributed by atoms with van der Waals surface area (Å²) in [6.45, 7) is 1.90. The van der Waals surface area contributed by atoms with Crippen LogP contribution in [0.1, 0.15) is 36.0 Å². The first-order valence-corrected chi connectivity index (χ1v) is 7.02. The van der Waals surface area contributed by atoms with Gasteiger partial charge >= 0.3 is 5.97 Å². The molecule has 102 valence electrons. The minimum atomic E-state index is -0.890. The van der Waals surface area contributed by atoms with Gasteiger partial charge in [0.1, 0.15) is 0 Å². The normalized spacial score (nSPS) is 18.3. The van der Waals surface area contributed by atoms with Crippen molar-refractivity contribution in [2.45, 2.75) is 25.7 Å². The molecule has 4 nitrogen and oxygen atoms in total. The SMILES string of the molecule is Nc1cccc(C(=O)O)c1N(CC1CC1)CC1CC1. The van der Waals surface area contributed by atoms with Crippen molar-refractivity contribution < 1.29 is 9.90 Å². The maximum Gasteiger partial charge on any atom is 0.337 e. The van der Waals surface area contributed by atoms with Crippen molar-refractivity contribution in [2.75, 3.05) is 23.7 Å². The van der Waals surface area contributed by atoms with E-state index in [4.69, 9.17) is 5.73 Å². The van der Waals surface area contributed by atoms with Gasteiger partial charge in [-0.1, -0.05) is 6.07 Å². The number of nitrogens with two attached hydrogens (primary N) is 1. The van der Waals surface area contributed by atoms with Crippen LogP contribution < -0.4 is 10.6 Å². The van der Waals surface area contributed by atoms with Crippen molar-refractivity contribution in [3.8, 4) is 0 Å². The highest BCUT2D eigenvalue weighted by Crippen LogP contribution is 2.38. The van der Waals surface area contributed by atoms with E-state index < -0.39 is 5.97 Å². The summed E-state index contributed by atoms with van der Waals surface area (Å²) >= 11 is 0. The van der Waals surface area contributed by atoms with Crippen molar-refractivity contribution >= 4 is 17.3 Å². The summed E-state index contributed by atoms with van der Waals surface area (Å²) in [5, 5.41) is 9.36. The first kappa shape index (κ1) is 12.3. The van der Waals surface area contributed by atoms with Gasteiger partial charge in [-0.25, -0.2) is 4.79 Å². The van der Waals surface area contributed by atoms with E-state index in [2.05, 4.69) is 4.90 Å². The second kappa shape index (κ2) is 4.76. The first-order valence-electron chi connectivity index (χ1n) is 7.02. The Morgan fingerprint density at radius 2 is 1.79 bits per heavy atom. The van der Waals surface area contributed by atoms with Crippen LogP contribution in [0.25, 0.3) is 0 Å². The van der Waals surface area contributed by atoms with Gasteiger partial charge in [0.15, 0.2) is 0 Å². The Kier molecular flexibility index (Phi) is 3.09.